The van der Waals surface area contributed by atoms with Gasteiger partial charge in [0.15, 0.2) is 0 Å². The van der Waals surface area contributed by atoms with Gasteiger partial charge in [0.25, 0.3) is 0 Å². The van der Waals surface area contributed by atoms with Gasteiger partial charge in [-0.2, -0.15) is 0 Å². The zero-order valence-electron chi connectivity index (χ0n) is 5.52. The van der Waals surface area contributed by atoms with E-state index in [-0.39, 0.29) is 12.5 Å². The van der Waals surface area contributed by atoms with E-state index in [4.69, 9.17) is 5.11 Å². The van der Waals surface area contributed by atoms with Crippen molar-refractivity contribution in [2.75, 3.05) is 19.7 Å². The maximum Gasteiger partial charge on any atom is 0.0472 e. The standard InChI is InChI=1S/C5H11NO3S/c7-4-5-1-2-6(3-5)10(8)9/h5,7H,1-4H2,(H,8,9)/p-1. The first-order valence-electron chi connectivity index (χ1n) is 3.19. The zero-order chi connectivity index (χ0) is 7.56. The van der Waals surface area contributed by atoms with E-state index < -0.39 is 11.3 Å². The molecule has 0 aromatic rings. The molecule has 2 unspecified atom stereocenters. The SMILES string of the molecule is O=S([O-])N1CCC(CO)C1. The molecule has 0 aromatic carbocycles. The van der Waals surface area contributed by atoms with Crippen LogP contribution in [0, 0.1) is 5.92 Å². The second-order valence-electron chi connectivity index (χ2n) is 2.44. The Morgan fingerprint density at radius 2 is 2.50 bits per heavy atom. The lowest BCUT2D eigenvalue weighted by Gasteiger charge is -2.17. The van der Waals surface area contributed by atoms with Crippen LogP contribution in [0.3, 0.4) is 0 Å². The summed E-state index contributed by atoms with van der Waals surface area (Å²) in [6, 6.07) is 0. The predicted molar refractivity (Wildman–Crippen MR) is 35.7 cm³/mol. The van der Waals surface area contributed by atoms with Gasteiger partial charge < -0.3 is 9.66 Å². The van der Waals surface area contributed by atoms with E-state index in [0.29, 0.717) is 13.1 Å². The van der Waals surface area contributed by atoms with E-state index in [1.807, 2.05) is 0 Å². The van der Waals surface area contributed by atoms with Crippen molar-refractivity contribution < 1.29 is 13.9 Å². The van der Waals surface area contributed by atoms with E-state index in [0.717, 1.165) is 6.42 Å². The fraction of sp³-hybridized carbons (Fsp3) is 1.00. The van der Waals surface area contributed by atoms with Crippen molar-refractivity contribution >= 4 is 11.3 Å². The molecule has 5 heteroatoms. The van der Waals surface area contributed by atoms with E-state index in [9.17, 15) is 8.76 Å². The second-order valence-corrected chi connectivity index (χ2v) is 3.39. The Morgan fingerprint density at radius 3 is 2.80 bits per heavy atom. The molecule has 1 aliphatic rings. The Bertz CT molecular complexity index is 141. The van der Waals surface area contributed by atoms with Crippen molar-refractivity contribution in [2.45, 2.75) is 6.42 Å². The molecule has 0 aromatic heterocycles. The Balaban J connectivity index is 2.35. The normalized spacial score (nSPS) is 30.8. The van der Waals surface area contributed by atoms with Crippen LogP contribution in [0.1, 0.15) is 6.42 Å². The molecular formula is C5H10NO3S-. The monoisotopic (exact) mass is 164 g/mol. The minimum Gasteiger partial charge on any atom is -0.760 e. The van der Waals surface area contributed by atoms with Gasteiger partial charge in [-0.05, 0) is 12.3 Å². The summed E-state index contributed by atoms with van der Waals surface area (Å²) >= 11 is -2.09. The first kappa shape index (κ1) is 8.13. The molecule has 0 saturated carbocycles. The van der Waals surface area contributed by atoms with Crippen LogP contribution in [0.4, 0.5) is 0 Å². The molecule has 0 bridgehead atoms. The highest BCUT2D eigenvalue weighted by atomic mass is 32.2. The number of nitrogens with zero attached hydrogens (tertiary/aromatic N) is 1. The molecule has 0 amide bonds. The number of rotatable bonds is 2. The fourth-order valence-electron chi connectivity index (χ4n) is 1.08. The van der Waals surface area contributed by atoms with Gasteiger partial charge in [-0.25, -0.2) is 4.31 Å². The average molecular weight is 164 g/mol. The largest absolute Gasteiger partial charge is 0.760 e. The number of hydrogen-bond acceptors (Lipinski definition) is 3. The van der Waals surface area contributed by atoms with Crippen LogP contribution in [0.25, 0.3) is 0 Å². The Hall–Kier alpha value is 0.0300. The van der Waals surface area contributed by atoms with Gasteiger partial charge in [-0.15, -0.1) is 0 Å². The summed E-state index contributed by atoms with van der Waals surface area (Å²) in [4.78, 5) is 0. The van der Waals surface area contributed by atoms with Gasteiger partial charge in [0.2, 0.25) is 0 Å². The summed E-state index contributed by atoms with van der Waals surface area (Å²) in [7, 11) is 0. The molecule has 10 heavy (non-hydrogen) atoms. The van der Waals surface area contributed by atoms with Crippen molar-refractivity contribution in [1.29, 1.82) is 0 Å². The summed E-state index contributed by atoms with van der Waals surface area (Å²) in [6.45, 7) is 1.13. The molecular weight excluding hydrogens is 154 g/mol. The van der Waals surface area contributed by atoms with Crippen LogP contribution in [-0.4, -0.2) is 37.9 Å². The number of aliphatic hydroxyl groups is 1. The minimum atomic E-state index is -2.09. The third-order valence-corrected chi connectivity index (χ3v) is 2.47. The third-order valence-electron chi connectivity index (χ3n) is 1.72. The van der Waals surface area contributed by atoms with Gasteiger partial charge >= 0.3 is 0 Å². The lowest BCUT2D eigenvalue weighted by atomic mass is 10.1. The van der Waals surface area contributed by atoms with Crippen molar-refractivity contribution in [3.05, 3.63) is 0 Å². The fourth-order valence-corrected chi connectivity index (χ4v) is 1.67. The topological polar surface area (TPSA) is 63.6 Å². The first-order chi connectivity index (χ1) is 4.74. The van der Waals surface area contributed by atoms with E-state index >= 15 is 0 Å². The van der Waals surface area contributed by atoms with Crippen molar-refractivity contribution in [3.8, 4) is 0 Å². The maximum atomic E-state index is 10.3. The summed E-state index contributed by atoms with van der Waals surface area (Å²) < 4.78 is 21.9. The van der Waals surface area contributed by atoms with Crippen LogP contribution < -0.4 is 0 Å². The van der Waals surface area contributed by atoms with E-state index in [1.54, 1.807) is 0 Å². The molecule has 1 fully saturated rings. The Kier molecular flexibility index (Phi) is 2.79. The van der Waals surface area contributed by atoms with Gasteiger partial charge in [-0.1, -0.05) is 0 Å². The maximum absolute atomic E-state index is 10.3. The van der Waals surface area contributed by atoms with Crippen LogP contribution in [0.5, 0.6) is 0 Å². The first-order valence-corrected chi connectivity index (χ1v) is 4.22. The molecule has 1 rings (SSSR count). The van der Waals surface area contributed by atoms with Crippen LogP contribution in [-0.2, 0) is 11.3 Å². The van der Waals surface area contributed by atoms with Crippen molar-refractivity contribution in [2.24, 2.45) is 5.92 Å². The van der Waals surface area contributed by atoms with E-state index in [1.165, 1.54) is 4.31 Å². The lowest BCUT2D eigenvalue weighted by Crippen LogP contribution is -2.23. The highest BCUT2D eigenvalue weighted by Gasteiger charge is 2.21. The zero-order valence-corrected chi connectivity index (χ0v) is 6.34. The molecule has 0 radical (unpaired) electrons. The van der Waals surface area contributed by atoms with Crippen molar-refractivity contribution in [3.63, 3.8) is 0 Å². The number of hydrogen-bond donors (Lipinski definition) is 1. The average Bonchev–Trinajstić information content (AvgIpc) is 2.34. The summed E-state index contributed by atoms with van der Waals surface area (Å²) in [6.07, 6.45) is 0.782. The van der Waals surface area contributed by atoms with E-state index in [2.05, 4.69) is 0 Å². The van der Waals surface area contributed by atoms with Gasteiger partial charge in [0, 0.05) is 31.0 Å². The summed E-state index contributed by atoms with van der Waals surface area (Å²) in [5.74, 6) is 0.151. The highest BCUT2D eigenvalue weighted by Crippen LogP contribution is 2.15. The Morgan fingerprint density at radius 1 is 1.80 bits per heavy atom. The van der Waals surface area contributed by atoms with Crippen LogP contribution >= 0.6 is 0 Å². The highest BCUT2D eigenvalue weighted by molar-refractivity contribution is 7.76. The molecule has 1 aliphatic heterocycles. The molecule has 1 heterocycles. The molecule has 4 nitrogen and oxygen atoms in total. The molecule has 1 saturated heterocycles. The van der Waals surface area contributed by atoms with Gasteiger partial charge in [0.1, 0.15) is 0 Å². The smallest absolute Gasteiger partial charge is 0.0472 e. The molecule has 1 N–H and O–H groups in total. The van der Waals surface area contributed by atoms with Crippen LogP contribution in [0.2, 0.25) is 0 Å². The third kappa shape index (κ3) is 1.76. The van der Waals surface area contributed by atoms with Crippen LogP contribution in [0.15, 0.2) is 0 Å². The lowest BCUT2D eigenvalue weighted by molar-refractivity contribution is 0.233. The summed E-state index contributed by atoms with van der Waals surface area (Å²) in [5, 5.41) is 8.64. The molecule has 0 aliphatic carbocycles. The molecule has 2 atom stereocenters. The van der Waals surface area contributed by atoms with Gasteiger partial charge in [-0.3, -0.25) is 4.21 Å². The summed E-state index contributed by atoms with van der Waals surface area (Å²) in [5.41, 5.74) is 0. The quantitative estimate of drug-likeness (QED) is 0.538. The predicted octanol–water partition coefficient (Wildman–Crippen LogP) is -0.905. The second kappa shape index (κ2) is 3.43. The molecule has 0 spiro atoms. The van der Waals surface area contributed by atoms with Crippen molar-refractivity contribution in [1.82, 2.24) is 4.31 Å². The Labute approximate surface area is 62.3 Å². The molecule has 60 valence electrons. The van der Waals surface area contributed by atoms with Gasteiger partial charge in [0.05, 0.1) is 0 Å². The minimum absolute atomic E-state index is 0.0910. The number of aliphatic hydroxyl groups excluding tert-OH is 1.